The second-order valence-electron chi connectivity index (χ2n) is 5.43. The van der Waals surface area contributed by atoms with Gasteiger partial charge in [0.15, 0.2) is 0 Å². The normalized spacial score (nSPS) is 11.3. The van der Waals surface area contributed by atoms with E-state index in [9.17, 15) is 4.79 Å². The van der Waals surface area contributed by atoms with Gasteiger partial charge in [0.25, 0.3) is 0 Å². The van der Waals surface area contributed by atoms with Gasteiger partial charge in [-0.3, -0.25) is 4.57 Å². The summed E-state index contributed by atoms with van der Waals surface area (Å²) in [5.74, 6) is 0. The minimum atomic E-state index is -0.314. The molecule has 0 aliphatic carbocycles. The van der Waals surface area contributed by atoms with Crippen LogP contribution in [0.4, 0.5) is 0 Å². The van der Waals surface area contributed by atoms with E-state index in [4.69, 9.17) is 23.2 Å². The Kier molecular flexibility index (Phi) is 4.37. The highest BCUT2D eigenvalue weighted by atomic mass is 35.5. The molecule has 0 saturated heterocycles. The van der Waals surface area contributed by atoms with Crippen molar-refractivity contribution >= 4 is 56.2 Å². The Bertz CT molecular complexity index is 1130. The molecule has 0 bridgehead atoms. The lowest BCUT2D eigenvalue weighted by Crippen LogP contribution is -2.24. The van der Waals surface area contributed by atoms with Crippen molar-refractivity contribution in [1.29, 1.82) is 0 Å². The SMILES string of the molecule is Cc1nc2c(-c3cccs3)nc(=O)n(Cc3ccc(Cl)cc3Cl)c2s1. The fourth-order valence-electron chi connectivity index (χ4n) is 2.59. The molecule has 1 aromatic carbocycles. The Balaban J connectivity index is 1.92. The minimum absolute atomic E-state index is 0.314. The number of rotatable bonds is 3. The van der Waals surface area contributed by atoms with Gasteiger partial charge in [-0.1, -0.05) is 35.3 Å². The van der Waals surface area contributed by atoms with Crippen LogP contribution in [0.1, 0.15) is 10.6 Å². The Hall–Kier alpha value is -1.73. The third kappa shape index (κ3) is 3.11. The summed E-state index contributed by atoms with van der Waals surface area (Å²) in [5, 5.41) is 3.93. The third-order valence-corrected chi connectivity index (χ3v) is 6.18. The summed E-state index contributed by atoms with van der Waals surface area (Å²) in [6, 6.07) is 9.14. The molecule has 0 atom stereocenters. The molecule has 0 amide bonds. The van der Waals surface area contributed by atoms with E-state index < -0.39 is 0 Å². The van der Waals surface area contributed by atoms with Crippen LogP contribution in [-0.2, 0) is 6.54 Å². The molecule has 0 aliphatic rings. The van der Waals surface area contributed by atoms with Gasteiger partial charge in [-0.25, -0.2) is 9.78 Å². The largest absolute Gasteiger partial charge is 0.349 e. The molecule has 0 radical (unpaired) electrons. The number of nitrogens with zero attached hydrogens (tertiary/aromatic N) is 3. The molecule has 0 aliphatic heterocycles. The minimum Gasteiger partial charge on any atom is -0.277 e. The molecular formula is C17H11Cl2N3OS2. The van der Waals surface area contributed by atoms with E-state index in [2.05, 4.69) is 9.97 Å². The van der Waals surface area contributed by atoms with Crippen molar-refractivity contribution in [3.63, 3.8) is 0 Å². The summed E-state index contributed by atoms with van der Waals surface area (Å²) in [6.07, 6.45) is 0. The van der Waals surface area contributed by atoms with Crippen molar-refractivity contribution in [2.24, 2.45) is 0 Å². The molecule has 3 heterocycles. The van der Waals surface area contributed by atoms with Gasteiger partial charge in [0.2, 0.25) is 0 Å². The van der Waals surface area contributed by atoms with Crippen molar-refractivity contribution in [1.82, 2.24) is 14.5 Å². The maximum Gasteiger partial charge on any atom is 0.349 e. The first-order chi connectivity index (χ1) is 12.0. The highest BCUT2D eigenvalue weighted by molar-refractivity contribution is 7.18. The van der Waals surface area contributed by atoms with Crippen LogP contribution in [0.5, 0.6) is 0 Å². The van der Waals surface area contributed by atoms with Crippen LogP contribution >= 0.6 is 45.9 Å². The van der Waals surface area contributed by atoms with Crippen molar-refractivity contribution in [3.8, 4) is 10.6 Å². The average molecular weight is 408 g/mol. The zero-order valence-corrected chi connectivity index (χ0v) is 16.1. The van der Waals surface area contributed by atoms with Crippen LogP contribution in [-0.4, -0.2) is 14.5 Å². The van der Waals surface area contributed by atoms with Crippen LogP contribution < -0.4 is 5.69 Å². The fraction of sp³-hybridized carbons (Fsp3) is 0.118. The van der Waals surface area contributed by atoms with E-state index in [1.807, 2.05) is 30.5 Å². The van der Waals surface area contributed by atoms with Gasteiger partial charge in [-0.05, 0) is 36.1 Å². The number of aromatic nitrogens is 3. The van der Waals surface area contributed by atoms with Gasteiger partial charge >= 0.3 is 5.69 Å². The average Bonchev–Trinajstić information content (AvgIpc) is 3.21. The number of hydrogen-bond acceptors (Lipinski definition) is 5. The van der Waals surface area contributed by atoms with Gasteiger partial charge in [-0.15, -0.1) is 22.7 Å². The first-order valence-electron chi connectivity index (χ1n) is 7.38. The number of thiophene rings is 1. The lowest BCUT2D eigenvalue weighted by Gasteiger charge is -2.10. The number of thiazole rings is 1. The first kappa shape index (κ1) is 16.7. The van der Waals surface area contributed by atoms with Crippen molar-refractivity contribution < 1.29 is 0 Å². The fourth-order valence-corrected chi connectivity index (χ4v) is 4.69. The van der Waals surface area contributed by atoms with Crippen molar-refractivity contribution in [3.05, 3.63) is 66.8 Å². The summed E-state index contributed by atoms with van der Waals surface area (Å²) in [7, 11) is 0. The summed E-state index contributed by atoms with van der Waals surface area (Å²) < 4.78 is 1.62. The van der Waals surface area contributed by atoms with Gasteiger partial charge in [-0.2, -0.15) is 4.98 Å². The highest BCUT2D eigenvalue weighted by Crippen LogP contribution is 2.32. The molecule has 3 aromatic heterocycles. The number of fused-ring (bicyclic) bond motifs is 1. The van der Waals surface area contributed by atoms with Gasteiger partial charge in [0, 0.05) is 10.0 Å². The number of hydrogen-bond donors (Lipinski definition) is 0. The second-order valence-corrected chi connectivity index (χ2v) is 8.40. The first-order valence-corrected chi connectivity index (χ1v) is 9.84. The van der Waals surface area contributed by atoms with Crippen LogP contribution in [0, 0.1) is 6.92 Å². The monoisotopic (exact) mass is 407 g/mol. The standard InChI is InChI=1S/C17H11Cl2N3OS2/c1-9-20-15-14(13-3-2-6-24-13)21-17(23)22(16(15)25-9)8-10-4-5-11(18)7-12(10)19/h2-7H,8H2,1H3. The van der Waals surface area contributed by atoms with E-state index in [0.717, 1.165) is 25.8 Å². The molecule has 4 aromatic rings. The van der Waals surface area contributed by atoms with Crippen molar-refractivity contribution in [2.45, 2.75) is 13.5 Å². The quantitative estimate of drug-likeness (QED) is 0.466. The second kappa shape index (κ2) is 6.53. The highest BCUT2D eigenvalue weighted by Gasteiger charge is 2.17. The number of halogens is 2. The molecular weight excluding hydrogens is 397 g/mol. The summed E-state index contributed by atoms with van der Waals surface area (Å²) in [6.45, 7) is 2.25. The lowest BCUT2D eigenvalue weighted by atomic mass is 10.2. The van der Waals surface area contributed by atoms with E-state index in [1.54, 1.807) is 28.0 Å². The summed E-state index contributed by atoms with van der Waals surface area (Å²) in [5.41, 5.74) is 1.88. The van der Waals surface area contributed by atoms with E-state index in [1.165, 1.54) is 11.3 Å². The van der Waals surface area contributed by atoms with Crippen molar-refractivity contribution in [2.75, 3.05) is 0 Å². The van der Waals surface area contributed by atoms with Gasteiger partial charge < -0.3 is 0 Å². The molecule has 126 valence electrons. The zero-order chi connectivity index (χ0) is 17.6. The maximum absolute atomic E-state index is 12.7. The van der Waals surface area contributed by atoms with E-state index >= 15 is 0 Å². The third-order valence-electron chi connectivity index (χ3n) is 3.72. The Morgan fingerprint density at radius 1 is 1.20 bits per heavy atom. The van der Waals surface area contributed by atoms with Crippen LogP contribution in [0.3, 0.4) is 0 Å². The lowest BCUT2D eigenvalue weighted by molar-refractivity contribution is 0.768. The van der Waals surface area contributed by atoms with Crippen LogP contribution in [0.2, 0.25) is 10.0 Å². The van der Waals surface area contributed by atoms with Gasteiger partial charge in [0.1, 0.15) is 16.0 Å². The number of aryl methyl sites for hydroxylation is 1. The Morgan fingerprint density at radius 2 is 2.04 bits per heavy atom. The van der Waals surface area contributed by atoms with Crippen LogP contribution in [0.25, 0.3) is 20.9 Å². The smallest absolute Gasteiger partial charge is 0.277 e. The molecule has 4 rings (SSSR count). The summed E-state index contributed by atoms with van der Waals surface area (Å²) in [4.78, 5) is 23.3. The molecule has 0 saturated carbocycles. The number of benzene rings is 1. The molecule has 4 nitrogen and oxygen atoms in total. The topological polar surface area (TPSA) is 47.8 Å². The molecule has 0 N–H and O–H groups in total. The van der Waals surface area contributed by atoms with E-state index in [-0.39, 0.29) is 5.69 Å². The van der Waals surface area contributed by atoms with E-state index in [0.29, 0.717) is 22.3 Å². The summed E-state index contributed by atoms with van der Waals surface area (Å²) >= 11 is 15.2. The van der Waals surface area contributed by atoms with Crippen LogP contribution in [0.15, 0.2) is 40.5 Å². The molecule has 0 unspecified atom stereocenters. The maximum atomic E-state index is 12.7. The van der Waals surface area contributed by atoms with Gasteiger partial charge in [0.05, 0.1) is 16.4 Å². The molecule has 0 fully saturated rings. The molecule has 0 spiro atoms. The Morgan fingerprint density at radius 3 is 2.76 bits per heavy atom. The zero-order valence-electron chi connectivity index (χ0n) is 13.0. The predicted molar refractivity (Wildman–Crippen MR) is 105 cm³/mol. The molecule has 8 heteroatoms. The Labute approximate surface area is 161 Å². The molecule has 25 heavy (non-hydrogen) atoms. The predicted octanol–water partition coefficient (Wildman–Crippen LogP) is 5.25.